The summed E-state index contributed by atoms with van der Waals surface area (Å²) in [6.45, 7) is 1.83. The van der Waals surface area contributed by atoms with E-state index >= 15 is 0 Å². The van der Waals surface area contributed by atoms with Crippen LogP contribution in [-0.2, 0) is 9.59 Å². The van der Waals surface area contributed by atoms with Gasteiger partial charge in [-0.1, -0.05) is 17.7 Å². The zero-order valence-electron chi connectivity index (χ0n) is 11.6. The molecule has 114 valence electrons. The summed E-state index contributed by atoms with van der Waals surface area (Å²) < 4.78 is 13.0. The van der Waals surface area contributed by atoms with Crippen LogP contribution in [-0.4, -0.2) is 11.8 Å². The lowest BCUT2D eigenvalue weighted by atomic mass is 10.2. The van der Waals surface area contributed by atoms with Gasteiger partial charge >= 0.3 is 11.8 Å². The number of hydrogen-bond donors (Lipinski definition) is 3. The third-order valence-electron chi connectivity index (χ3n) is 2.84. The van der Waals surface area contributed by atoms with Gasteiger partial charge in [0.15, 0.2) is 0 Å². The van der Waals surface area contributed by atoms with E-state index in [-0.39, 0.29) is 10.7 Å². The van der Waals surface area contributed by atoms with Gasteiger partial charge in [0.05, 0.1) is 16.4 Å². The molecule has 2 aromatic rings. The number of hydrogen-bond acceptors (Lipinski definition) is 3. The molecule has 5 nitrogen and oxygen atoms in total. The first-order chi connectivity index (χ1) is 10.4. The van der Waals surface area contributed by atoms with E-state index in [1.54, 1.807) is 18.2 Å². The lowest BCUT2D eigenvalue weighted by molar-refractivity contribution is -0.132. The first-order valence-electron chi connectivity index (χ1n) is 6.30. The van der Waals surface area contributed by atoms with Crippen molar-refractivity contribution in [3.8, 4) is 0 Å². The number of carbonyl (C=O) groups excluding carboxylic acids is 2. The zero-order chi connectivity index (χ0) is 16.3. The van der Waals surface area contributed by atoms with E-state index in [1.807, 2.05) is 6.92 Å². The summed E-state index contributed by atoms with van der Waals surface area (Å²) in [6, 6.07) is 8.66. The van der Waals surface area contributed by atoms with Gasteiger partial charge in [-0.25, -0.2) is 4.39 Å². The van der Waals surface area contributed by atoms with Gasteiger partial charge in [-0.2, -0.15) is 0 Å². The first-order valence-corrected chi connectivity index (χ1v) is 6.68. The third-order valence-corrected chi connectivity index (χ3v) is 3.13. The Balaban J connectivity index is 2.07. The van der Waals surface area contributed by atoms with E-state index < -0.39 is 17.6 Å². The molecule has 4 N–H and O–H groups in total. The number of halogens is 2. The van der Waals surface area contributed by atoms with Crippen molar-refractivity contribution in [1.82, 2.24) is 0 Å². The quantitative estimate of drug-likeness (QED) is 0.587. The largest absolute Gasteiger partial charge is 0.397 e. The van der Waals surface area contributed by atoms with Crippen molar-refractivity contribution in [2.45, 2.75) is 6.92 Å². The van der Waals surface area contributed by atoms with Crippen LogP contribution in [0.2, 0.25) is 5.02 Å². The van der Waals surface area contributed by atoms with Crippen LogP contribution >= 0.6 is 11.6 Å². The number of nitrogens with one attached hydrogen (secondary N) is 2. The van der Waals surface area contributed by atoms with Crippen molar-refractivity contribution in [2.75, 3.05) is 16.4 Å². The summed E-state index contributed by atoms with van der Waals surface area (Å²) in [4.78, 5) is 23.7. The summed E-state index contributed by atoms with van der Waals surface area (Å²) in [5.74, 6) is -2.42. The topological polar surface area (TPSA) is 84.2 Å². The minimum absolute atomic E-state index is 0.152. The summed E-state index contributed by atoms with van der Waals surface area (Å²) in [6.07, 6.45) is 0. The number of rotatable bonds is 2. The molecular weight excluding hydrogens is 309 g/mol. The molecular formula is C15H13ClFN3O2. The number of nitrogens with two attached hydrogens (primary N) is 1. The molecule has 0 heterocycles. The molecule has 0 aliphatic carbocycles. The van der Waals surface area contributed by atoms with Crippen LogP contribution in [0.15, 0.2) is 36.4 Å². The number of benzene rings is 2. The summed E-state index contributed by atoms with van der Waals surface area (Å²) >= 11 is 5.60. The monoisotopic (exact) mass is 321 g/mol. The molecule has 0 unspecified atom stereocenters. The minimum Gasteiger partial charge on any atom is -0.397 e. The molecule has 0 atom stereocenters. The van der Waals surface area contributed by atoms with Crippen molar-refractivity contribution >= 4 is 40.5 Å². The Morgan fingerprint density at radius 1 is 1.09 bits per heavy atom. The molecule has 0 aromatic heterocycles. The maximum absolute atomic E-state index is 13.0. The molecule has 2 rings (SSSR count). The Labute approximate surface area is 131 Å². The molecule has 0 bridgehead atoms. The summed E-state index contributed by atoms with van der Waals surface area (Å²) in [7, 11) is 0. The fourth-order valence-electron chi connectivity index (χ4n) is 1.72. The third kappa shape index (κ3) is 3.73. The van der Waals surface area contributed by atoms with Crippen molar-refractivity contribution in [1.29, 1.82) is 0 Å². The van der Waals surface area contributed by atoms with Crippen molar-refractivity contribution < 1.29 is 14.0 Å². The second-order valence-corrected chi connectivity index (χ2v) is 5.04. The first kappa shape index (κ1) is 15.8. The van der Waals surface area contributed by atoms with Gasteiger partial charge in [-0.05, 0) is 42.8 Å². The van der Waals surface area contributed by atoms with Gasteiger partial charge in [0.25, 0.3) is 0 Å². The van der Waals surface area contributed by atoms with E-state index in [9.17, 15) is 14.0 Å². The Hall–Kier alpha value is -2.60. The normalized spacial score (nSPS) is 10.1. The number of aryl methyl sites for hydroxylation is 1. The SMILES string of the molecule is Cc1ccc(N)c(NC(=O)C(=O)Nc2ccc(F)c(Cl)c2)c1. The van der Waals surface area contributed by atoms with E-state index in [4.69, 9.17) is 17.3 Å². The van der Waals surface area contributed by atoms with Gasteiger partial charge in [-0.15, -0.1) is 0 Å². The Morgan fingerprint density at radius 2 is 1.77 bits per heavy atom. The standard InChI is InChI=1S/C15H13ClFN3O2/c1-8-2-5-12(18)13(6-8)20-15(22)14(21)19-9-3-4-11(17)10(16)7-9/h2-7H,18H2,1H3,(H,19,21)(H,20,22). The molecule has 0 fully saturated rings. The highest BCUT2D eigenvalue weighted by Crippen LogP contribution is 2.21. The smallest absolute Gasteiger partial charge is 0.314 e. The predicted molar refractivity (Wildman–Crippen MR) is 84.3 cm³/mol. The lowest BCUT2D eigenvalue weighted by Crippen LogP contribution is -2.29. The predicted octanol–water partition coefficient (Wildman–Crippen LogP) is 2.95. The fourth-order valence-corrected chi connectivity index (χ4v) is 1.90. The van der Waals surface area contributed by atoms with Crippen LogP contribution in [0.5, 0.6) is 0 Å². The second kappa shape index (κ2) is 6.44. The summed E-state index contributed by atoms with van der Waals surface area (Å²) in [5, 5.41) is 4.58. The molecule has 2 amide bonds. The lowest BCUT2D eigenvalue weighted by Gasteiger charge is -2.09. The highest BCUT2D eigenvalue weighted by Gasteiger charge is 2.16. The maximum Gasteiger partial charge on any atom is 0.314 e. The molecule has 0 radical (unpaired) electrons. The Morgan fingerprint density at radius 3 is 2.45 bits per heavy atom. The van der Waals surface area contributed by atoms with Crippen LogP contribution in [0.3, 0.4) is 0 Å². The van der Waals surface area contributed by atoms with Crippen molar-refractivity contribution in [3.05, 3.63) is 52.8 Å². The van der Waals surface area contributed by atoms with Gasteiger partial charge in [-0.3, -0.25) is 9.59 Å². The summed E-state index contributed by atoms with van der Waals surface area (Å²) in [5.41, 5.74) is 7.51. The molecule has 0 spiro atoms. The highest BCUT2D eigenvalue weighted by atomic mass is 35.5. The molecule has 7 heteroatoms. The molecule has 0 aliphatic heterocycles. The number of amides is 2. The molecule has 0 aliphatic rings. The molecule has 0 saturated carbocycles. The van der Waals surface area contributed by atoms with Crippen LogP contribution in [0.4, 0.5) is 21.5 Å². The van der Waals surface area contributed by atoms with E-state index in [2.05, 4.69) is 10.6 Å². The average molecular weight is 322 g/mol. The average Bonchev–Trinajstić information content (AvgIpc) is 2.46. The van der Waals surface area contributed by atoms with Crippen LogP contribution in [0, 0.1) is 12.7 Å². The Kier molecular flexibility index (Phi) is 4.62. The highest BCUT2D eigenvalue weighted by molar-refractivity contribution is 6.44. The van der Waals surface area contributed by atoms with Gasteiger partial charge in [0.1, 0.15) is 5.82 Å². The Bertz CT molecular complexity index is 750. The maximum atomic E-state index is 13.0. The van der Waals surface area contributed by atoms with E-state index in [1.165, 1.54) is 12.1 Å². The second-order valence-electron chi connectivity index (χ2n) is 4.63. The molecule has 22 heavy (non-hydrogen) atoms. The minimum atomic E-state index is -0.913. The van der Waals surface area contributed by atoms with Gasteiger partial charge < -0.3 is 16.4 Å². The molecule has 0 saturated heterocycles. The van der Waals surface area contributed by atoms with Crippen molar-refractivity contribution in [2.24, 2.45) is 0 Å². The van der Waals surface area contributed by atoms with Gasteiger partial charge in [0.2, 0.25) is 0 Å². The molecule has 2 aromatic carbocycles. The van der Waals surface area contributed by atoms with E-state index in [0.717, 1.165) is 11.6 Å². The van der Waals surface area contributed by atoms with Crippen LogP contribution in [0.1, 0.15) is 5.56 Å². The number of anilines is 3. The van der Waals surface area contributed by atoms with Crippen molar-refractivity contribution in [3.63, 3.8) is 0 Å². The number of carbonyl (C=O) groups is 2. The van der Waals surface area contributed by atoms with E-state index in [0.29, 0.717) is 11.4 Å². The fraction of sp³-hybridized carbons (Fsp3) is 0.0667. The van der Waals surface area contributed by atoms with Gasteiger partial charge in [0, 0.05) is 5.69 Å². The number of nitrogen functional groups attached to an aromatic ring is 1. The van der Waals surface area contributed by atoms with Crippen LogP contribution in [0.25, 0.3) is 0 Å². The zero-order valence-corrected chi connectivity index (χ0v) is 12.4. The van der Waals surface area contributed by atoms with Crippen LogP contribution < -0.4 is 16.4 Å².